The molecule has 3 heterocycles. The monoisotopic (exact) mass is 735 g/mol. The molecule has 0 unspecified atom stereocenters. The van der Waals surface area contributed by atoms with Crippen molar-refractivity contribution in [2.24, 2.45) is 11.8 Å². The first-order valence-electron chi connectivity index (χ1n) is 17.4. The molecule has 2 saturated heterocycles. The van der Waals surface area contributed by atoms with Crippen molar-refractivity contribution >= 4 is 52.4 Å². The van der Waals surface area contributed by atoms with E-state index in [4.69, 9.17) is 9.05 Å². The van der Waals surface area contributed by atoms with Gasteiger partial charge in [0.2, 0.25) is 11.8 Å². The molecule has 0 bridgehead atoms. The van der Waals surface area contributed by atoms with Gasteiger partial charge >= 0.3 is 13.3 Å². The zero-order valence-corrected chi connectivity index (χ0v) is 30.1. The molecule has 51 heavy (non-hydrogen) atoms. The van der Waals surface area contributed by atoms with Gasteiger partial charge in [-0.15, -0.1) is 11.3 Å². The summed E-state index contributed by atoms with van der Waals surface area (Å²) in [6.07, 6.45) is 3.53. The summed E-state index contributed by atoms with van der Waals surface area (Å²) in [6, 6.07) is 21.2. The van der Waals surface area contributed by atoms with Crippen LogP contribution in [0, 0.1) is 11.8 Å². The molecule has 3 fully saturated rings. The minimum absolute atomic E-state index is 0.0860. The molecule has 3 aromatic carbocycles. The third-order valence-corrected chi connectivity index (χ3v) is 13.4. The molecule has 9 nitrogen and oxygen atoms in total. The molecule has 0 spiro atoms. The normalized spacial score (nSPS) is 23.3. The van der Waals surface area contributed by atoms with Crippen molar-refractivity contribution in [2.45, 2.75) is 69.7 Å². The number of carbonyl (C=O) groups excluding carboxylic acids is 3. The number of hydrogen-bond acceptors (Lipinski definition) is 7. The number of nitrogens with one attached hydrogen (secondary N) is 2. The maximum Gasteiger partial charge on any atom is 0.404 e. The van der Waals surface area contributed by atoms with Gasteiger partial charge in [0, 0.05) is 22.0 Å². The van der Waals surface area contributed by atoms with E-state index in [-0.39, 0.29) is 35.9 Å². The number of hydrogen-bond donors (Lipinski definition) is 2. The maximum atomic E-state index is 15.5. The Bertz CT molecular complexity index is 1980. The van der Waals surface area contributed by atoms with Crippen LogP contribution in [0.5, 0.6) is 0 Å². The quantitative estimate of drug-likeness (QED) is 0.150. The van der Waals surface area contributed by atoms with Gasteiger partial charge in [-0.25, -0.2) is 0 Å². The van der Waals surface area contributed by atoms with Crippen LogP contribution in [0.3, 0.4) is 0 Å². The van der Waals surface area contributed by atoms with Crippen LogP contribution in [0.15, 0.2) is 78.9 Å². The van der Waals surface area contributed by atoms with Gasteiger partial charge in [-0.3, -0.25) is 18.9 Å². The van der Waals surface area contributed by atoms with E-state index in [1.165, 1.54) is 32.0 Å². The molecule has 268 valence electrons. The Balaban J connectivity index is 1.07. The second-order valence-electron chi connectivity index (χ2n) is 13.4. The average molecular weight is 736 g/mol. The second kappa shape index (κ2) is 14.2. The Labute approximate surface area is 299 Å². The van der Waals surface area contributed by atoms with Crippen LogP contribution >= 0.6 is 18.9 Å². The number of carbonyl (C=O) groups is 3. The summed E-state index contributed by atoms with van der Waals surface area (Å²) in [5, 5.41) is 6.30. The largest absolute Gasteiger partial charge is 0.404 e. The molecule has 3 aliphatic rings. The van der Waals surface area contributed by atoms with Crippen LogP contribution in [-0.4, -0.2) is 54.0 Å². The predicted octanol–water partition coefficient (Wildman–Crippen LogP) is 8.41. The molecule has 5 atom stereocenters. The molecule has 0 radical (unpaired) electrons. The smallest absolute Gasteiger partial charge is 0.340 e. The average Bonchev–Trinajstić information content (AvgIpc) is 3.48. The fourth-order valence-corrected chi connectivity index (χ4v) is 10.00. The van der Waals surface area contributed by atoms with E-state index < -0.39 is 36.8 Å². The minimum Gasteiger partial charge on any atom is -0.340 e. The lowest BCUT2D eigenvalue weighted by molar-refractivity contribution is -0.141. The van der Waals surface area contributed by atoms with Gasteiger partial charge in [-0.2, -0.15) is 8.78 Å². The molecule has 1 aromatic heterocycles. The zero-order valence-electron chi connectivity index (χ0n) is 28.4. The third-order valence-electron chi connectivity index (χ3n) is 10.1. The van der Waals surface area contributed by atoms with E-state index in [2.05, 4.69) is 10.6 Å². The number of rotatable bonds is 11. The fraction of sp³-hybridized carbons (Fsp3) is 0.395. The first-order chi connectivity index (χ1) is 24.5. The van der Waals surface area contributed by atoms with E-state index >= 15 is 8.78 Å². The maximum absolute atomic E-state index is 15.5. The lowest BCUT2D eigenvalue weighted by atomic mass is 9.99. The summed E-state index contributed by atoms with van der Waals surface area (Å²) in [5.74, 6) is -0.277. The highest BCUT2D eigenvalue weighted by atomic mass is 32.1. The number of anilines is 1. The molecular weight excluding hydrogens is 695 g/mol. The molecule has 2 aliphatic heterocycles. The predicted molar refractivity (Wildman–Crippen MR) is 193 cm³/mol. The van der Waals surface area contributed by atoms with Crippen molar-refractivity contribution in [2.75, 3.05) is 18.5 Å². The summed E-state index contributed by atoms with van der Waals surface area (Å²) >= 11 is 1.11. The van der Waals surface area contributed by atoms with Crippen LogP contribution in [0.4, 0.5) is 14.5 Å². The van der Waals surface area contributed by atoms with Gasteiger partial charge in [0.15, 0.2) is 0 Å². The molecular formula is C38H40F2N3O6PS. The van der Waals surface area contributed by atoms with Crippen LogP contribution in [-0.2, 0) is 28.9 Å². The number of amides is 3. The molecule has 1 aliphatic carbocycles. The minimum atomic E-state index is -4.81. The number of thiophene rings is 1. The van der Waals surface area contributed by atoms with Crippen LogP contribution < -0.4 is 10.6 Å². The molecule has 2 N–H and O–H groups in total. The highest BCUT2D eigenvalue weighted by Gasteiger charge is 2.55. The van der Waals surface area contributed by atoms with E-state index in [0.29, 0.717) is 46.9 Å². The van der Waals surface area contributed by atoms with E-state index in [9.17, 15) is 18.9 Å². The van der Waals surface area contributed by atoms with Gasteiger partial charge in [0.05, 0.1) is 18.1 Å². The summed E-state index contributed by atoms with van der Waals surface area (Å²) in [6.45, 7) is 2.49. The Morgan fingerprint density at radius 3 is 2.29 bits per heavy atom. The topological polar surface area (TPSA) is 114 Å². The lowest BCUT2D eigenvalue weighted by Gasteiger charge is -2.35. The van der Waals surface area contributed by atoms with Crippen molar-refractivity contribution < 1.29 is 36.8 Å². The first-order valence-corrected chi connectivity index (χ1v) is 19.8. The highest BCUT2D eigenvalue weighted by Crippen LogP contribution is 2.67. The molecule has 7 rings (SSSR count). The fourth-order valence-electron chi connectivity index (χ4n) is 7.52. The van der Waals surface area contributed by atoms with Crippen molar-refractivity contribution in [1.82, 2.24) is 10.2 Å². The number of benzene rings is 3. The van der Waals surface area contributed by atoms with Crippen molar-refractivity contribution in [3.63, 3.8) is 0 Å². The van der Waals surface area contributed by atoms with E-state index in [0.717, 1.165) is 41.4 Å². The van der Waals surface area contributed by atoms with Gasteiger partial charge in [0.25, 0.3) is 5.91 Å². The highest BCUT2D eigenvalue weighted by molar-refractivity contribution is 7.54. The van der Waals surface area contributed by atoms with E-state index in [1.807, 2.05) is 54.6 Å². The number of nitrogens with zero attached hydrogens (tertiary/aromatic N) is 1. The standard InChI is InChI=1S/C38H40F2N3O6PS/c1-3-48-50(47,49-4-2)38(39,40)28-12-17-33-27(19-28)22-34(51-33)36(45)42-31-21-26-18-25(26)20-30-15-16-32(43(30)37(31)46)35(44)41-29-13-10-24(11-14-29)23-8-6-5-7-9-23/h5-14,17,19,22,25-26,30-32H,3-4,15-16,18,20-21H2,1-2H3,(H,41,44)(H,42,45)/t25-,26+,30+,31-,32-/m0/s1. The molecule has 3 amide bonds. The Kier molecular flexibility index (Phi) is 9.88. The summed E-state index contributed by atoms with van der Waals surface area (Å²) in [5.41, 5.74) is -1.72. The number of alkyl halides is 2. The van der Waals surface area contributed by atoms with Gasteiger partial charge < -0.3 is 24.6 Å². The van der Waals surface area contributed by atoms with Gasteiger partial charge in [0.1, 0.15) is 12.1 Å². The second-order valence-corrected chi connectivity index (χ2v) is 16.6. The lowest BCUT2D eigenvalue weighted by Crippen LogP contribution is -2.55. The first kappa shape index (κ1) is 35.4. The van der Waals surface area contributed by atoms with Crippen LogP contribution in [0.2, 0.25) is 0 Å². The summed E-state index contributed by atoms with van der Waals surface area (Å²) in [4.78, 5) is 43.5. The van der Waals surface area contributed by atoms with Crippen LogP contribution in [0.25, 0.3) is 21.2 Å². The van der Waals surface area contributed by atoms with Crippen molar-refractivity contribution in [3.05, 3.63) is 89.3 Å². The van der Waals surface area contributed by atoms with E-state index in [1.54, 1.807) is 4.90 Å². The van der Waals surface area contributed by atoms with Crippen molar-refractivity contribution in [3.8, 4) is 11.1 Å². The SMILES string of the molecule is CCOP(=O)(OCC)C(F)(F)c1ccc2sc(C(=O)N[C@H]3C[C@H]4C[C@H]4C[C@H]4CC[C@@H](C(=O)Nc5ccc(-c6ccccc6)cc5)N4C3=O)cc2c1. The number of fused-ring (bicyclic) bond motifs is 3. The van der Waals surface area contributed by atoms with Gasteiger partial charge in [-0.1, -0.05) is 48.5 Å². The third kappa shape index (κ3) is 6.99. The van der Waals surface area contributed by atoms with Crippen molar-refractivity contribution in [1.29, 1.82) is 0 Å². The Hall–Kier alpha value is -3.96. The van der Waals surface area contributed by atoms with Crippen LogP contribution in [0.1, 0.15) is 61.2 Å². The summed E-state index contributed by atoms with van der Waals surface area (Å²) < 4.78 is 54.4. The molecule has 13 heteroatoms. The molecule has 1 saturated carbocycles. The Morgan fingerprint density at radius 1 is 0.902 bits per heavy atom. The molecule has 4 aromatic rings. The zero-order chi connectivity index (χ0) is 35.9. The van der Waals surface area contributed by atoms with Gasteiger partial charge in [-0.05, 0) is 105 Å². The Morgan fingerprint density at radius 2 is 1.59 bits per heavy atom. The summed E-state index contributed by atoms with van der Waals surface area (Å²) in [7, 11) is -4.81. The number of halogens is 2.